The number of unbranched alkanes of at least 4 members (excludes halogenated alkanes) is 1. The summed E-state index contributed by atoms with van der Waals surface area (Å²) in [5, 5.41) is 10.9. The van der Waals surface area contributed by atoms with Gasteiger partial charge in [-0.1, -0.05) is 17.7 Å². The van der Waals surface area contributed by atoms with Crippen LogP contribution in [0.1, 0.15) is 19.8 Å². The number of aliphatic hydroxyl groups is 1. The van der Waals surface area contributed by atoms with Crippen LogP contribution in [0.15, 0.2) is 66.3 Å². The van der Waals surface area contributed by atoms with Gasteiger partial charge in [-0.25, -0.2) is 18.3 Å². The second kappa shape index (κ2) is 14.6. The third-order valence-electron chi connectivity index (χ3n) is 5.81. The second-order valence-corrected chi connectivity index (χ2v) is 10.8. The number of hydrogen-bond donors (Lipinski definition) is 1. The van der Waals surface area contributed by atoms with Gasteiger partial charge in [0.2, 0.25) is 5.88 Å². The zero-order valence-electron chi connectivity index (χ0n) is 21.9. The zero-order chi connectivity index (χ0) is 28.2. The molecule has 1 N–H and O–H groups in total. The van der Waals surface area contributed by atoms with Crippen molar-refractivity contribution in [2.75, 3.05) is 35.2 Å². The van der Waals surface area contributed by atoms with Crippen molar-refractivity contribution in [3.8, 4) is 5.75 Å². The van der Waals surface area contributed by atoms with Gasteiger partial charge in [0.1, 0.15) is 11.5 Å². The van der Waals surface area contributed by atoms with Gasteiger partial charge in [-0.2, -0.15) is 0 Å². The third kappa shape index (κ3) is 8.10. The topological polar surface area (TPSA) is 136 Å². The van der Waals surface area contributed by atoms with Crippen LogP contribution >= 0.6 is 23.8 Å². The number of hydrogen-bond acceptors (Lipinski definition) is 10. The number of carbonyl (C=O) groups is 1. The Morgan fingerprint density at radius 3 is 2.67 bits per heavy atom. The maximum Gasteiger partial charge on any atom is 1.00 e. The molecule has 2 aliphatic rings. The molecule has 1 aromatic carbocycles. The number of amides is 1. The molecule has 0 bridgehead atoms. The van der Waals surface area contributed by atoms with Crippen molar-refractivity contribution in [3.05, 3.63) is 71.3 Å². The fraction of sp³-hybridized carbons (Fsp3) is 0.320. The largest absolute Gasteiger partial charge is 1.00 e. The van der Waals surface area contributed by atoms with E-state index in [2.05, 4.69) is 4.98 Å². The Morgan fingerprint density at radius 2 is 2.00 bits per heavy atom. The third-order valence-corrected chi connectivity index (χ3v) is 7.24. The summed E-state index contributed by atoms with van der Waals surface area (Å²) in [6.45, 7) is 2.23. The Hall–Kier alpha value is -1.43. The van der Waals surface area contributed by atoms with Crippen molar-refractivity contribution < 1.29 is 83.7 Å². The molecule has 1 aromatic heterocycles. The molecule has 208 valence electrons. The molecule has 1 unspecified atom stereocenters. The molecule has 1 saturated heterocycles. The second-order valence-electron chi connectivity index (χ2n) is 8.52. The van der Waals surface area contributed by atoms with Crippen LogP contribution in [-0.4, -0.2) is 70.7 Å². The standard InChI is InChI=1S/C25H27ClN4O7S2.K/c1-2-36-23(31)16-29-18(24(32)30(25(29)38)21-7-3-4-12-27-21)9-11-22-28(13-5-6-14-39(33,34)35)19-15-17(26)8-10-20(19)37-22;/h3-4,7-12,15,23,31H,2,5-6,13-14,16H2,1H3,(H,33,34,35);/q;+1/p-1. The Morgan fingerprint density at radius 1 is 1.23 bits per heavy atom. The van der Waals surface area contributed by atoms with E-state index in [1.54, 1.807) is 60.5 Å². The van der Waals surface area contributed by atoms with Gasteiger partial charge in [0.05, 0.1) is 22.4 Å². The van der Waals surface area contributed by atoms with E-state index in [0.717, 1.165) is 0 Å². The van der Waals surface area contributed by atoms with Crippen LogP contribution < -0.4 is 65.9 Å². The maximum absolute atomic E-state index is 13.5. The van der Waals surface area contributed by atoms with Gasteiger partial charge in [0.25, 0.3) is 5.91 Å². The molecule has 2 aromatic rings. The average Bonchev–Trinajstić information content (AvgIpc) is 3.33. The number of thiocarbonyl (C=S) groups is 1. The van der Waals surface area contributed by atoms with Crippen LogP contribution in [0.5, 0.6) is 5.75 Å². The summed E-state index contributed by atoms with van der Waals surface area (Å²) in [7, 11) is -4.32. The molecule has 0 radical (unpaired) electrons. The quantitative estimate of drug-likeness (QED) is 0.0894. The molecule has 1 amide bonds. The van der Waals surface area contributed by atoms with E-state index in [1.807, 2.05) is 0 Å². The number of aromatic nitrogens is 1. The van der Waals surface area contributed by atoms with Gasteiger partial charge in [0.15, 0.2) is 17.2 Å². The maximum atomic E-state index is 13.5. The van der Waals surface area contributed by atoms with Gasteiger partial charge in [-0.3, -0.25) is 4.79 Å². The molecule has 1 atom stereocenters. The minimum absolute atomic E-state index is 0. The molecule has 0 saturated carbocycles. The zero-order valence-corrected chi connectivity index (χ0v) is 27.4. The molecule has 0 spiro atoms. The van der Waals surface area contributed by atoms with Crippen LogP contribution in [0.4, 0.5) is 11.5 Å². The monoisotopic (exact) mass is 632 g/mol. The first-order valence-electron chi connectivity index (χ1n) is 12.1. The van der Waals surface area contributed by atoms with E-state index in [0.29, 0.717) is 41.1 Å². The van der Waals surface area contributed by atoms with Crippen LogP contribution in [0.25, 0.3) is 0 Å². The molecule has 15 heteroatoms. The number of nitrogens with zero attached hydrogens (tertiary/aromatic N) is 4. The number of benzene rings is 1. The summed E-state index contributed by atoms with van der Waals surface area (Å²) >= 11 is 11.8. The first-order chi connectivity index (χ1) is 18.6. The molecular formula is C25H26ClKN4O7S2. The van der Waals surface area contributed by atoms with Gasteiger partial charge in [0, 0.05) is 36.2 Å². The van der Waals surface area contributed by atoms with Crippen LogP contribution in [-0.2, 0) is 19.6 Å². The number of rotatable bonds is 11. The number of carbonyl (C=O) groups excluding carboxylic acids is 1. The number of β-amino-alcohol motifs (C(OH)–C–C–N with tert-alkyl or cyclic N) is 1. The van der Waals surface area contributed by atoms with E-state index < -0.39 is 28.1 Å². The Bertz CT molecular complexity index is 1410. The van der Waals surface area contributed by atoms with Crippen LogP contribution in [0.3, 0.4) is 0 Å². The number of pyridine rings is 1. The summed E-state index contributed by atoms with van der Waals surface area (Å²) in [4.78, 5) is 22.2. The molecule has 3 heterocycles. The Kier molecular flexibility index (Phi) is 12.1. The van der Waals surface area contributed by atoms with Crippen molar-refractivity contribution in [2.24, 2.45) is 0 Å². The summed E-state index contributed by atoms with van der Waals surface area (Å²) in [6.07, 6.45) is 3.99. The average molecular weight is 633 g/mol. The van der Waals surface area contributed by atoms with Crippen molar-refractivity contribution >= 4 is 56.5 Å². The fourth-order valence-corrected chi connectivity index (χ4v) is 5.17. The predicted molar refractivity (Wildman–Crippen MR) is 148 cm³/mol. The molecule has 40 heavy (non-hydrogen) atoms. The smallest absolute Gasteiger partial charge is 0.748 e. The van der Waals surface area contributed by atoms with Gasteiger partial charge in [-0.15, -0.1) is 0 Å². The minimum atomic E-state index is -4.32. The molecule has 1 fully saturated rings. The van der Waals surface area contributed by atoms with Crippen LogP contribution in [0.2, 0.25) is 5.02 Å². The van der Waals surface area contributed by atoms with E-state index >= 15 is 0 Å². The molecule has 11 nitrogen and oxygen atoms in total. The van der Waals surface area contributed by atoms with Crippen molar-refractivity contribution in [3.63, 3.8) is 0 Å². The SMILES string of the molecule is CCOC(O)CN1C(=S)N(c2ccccn2)C(=O)C1=CC=C1Oc2ccc(Cl)cc2N1CCCCS(=O)(=O)[O-].[K+]. The molecule has 0 aliphatic carbocycles. The summed E-state index contributed by atoms with van der Waals surface area (Å²) in [5.41, 5.74) is 0.816. The van der Waals surface area contributed by atoms with Gasteiger partial charge < -0.3 is 28.9 Å². The minimum Gasteiger partial charge on any atom is -0.748 e. The van der Waals surface area contributed by atoms with Crippen molar-refractivity contribution in [1.82, 2.24) is 9.88 Å². The number of aliphatic hydroxyl groups excluding tert-OH is 1. The van der Waals surface area contributed by atoms with Crippen LogP contribution in [0, 0.1) is 0 Å². The number of ether oxygens (including phenoxy) is 2. The molecule has 4 rings (SSSR count). The Balaban J connectivity index is 0.00000441. The van der Waals surface area contributed by atoms with Gasteiger partial charge >= 0.3 is 51.4 Å². The number of halogens is 1. The predicted octanol–water partition coefficient (Wildman–Crippen LogP) is -0.0229. The Labute approximate surface area is 285 Å². The molecule has 2 aliphatic heterocycles. The molecular weight excluding hydrogens is 607 g/mol. The number of fused-ring (bicyclic) bond motifs is 1. The van der Waals surface area contributed by atoms with Crippen molar-refractivity contribution in [1.29, 1.82) is 0 Å². The van der Waals surface area contributed by atoms with Crippen molar-refractivity contribution in [2.45, 2.75) is 26.1 Å². The van der Waals surface area contributed by atoms with E-state index in [1.165, 1.54) is 15.9 Å². The first kappa shape index (κ1) is 33.1. The van der Waals surface area contributed by atoms with Gasteiger partial charge in [-0.05, 0) is 68.4 Å². The fourth-order valence-electron chi connectivity index (χ4n) is 4.10. The summed E-state index contributed by atoms with van der Waals surface area (Å²) in [5.74, 6) is 0.274. The van der Waals surface area contributed by atoms with E-state index in [-0.39, 0.29) is 81.8 Å². The number of anilines is 2. The van der Waals surface area contributed by atoms with E-state index in [9.17, 15) is 22.9 Å². The first-order valence-corrected chi connectivity index (χ1v) is 14.4. The summed E-state index contributed by atoms with van der Waals surface area (Å²) < 4.78 is 44.3. The normalized spacial score (nSPS) is 17.9. The van der Waals surface area contributed by atoms with E-state index in [4.69, 9.17) is 33.3 Å². The number of allylic oxidation sites excluding steroid dienone is 2. The summed E-state index contributed by atoms with van der Waals surface area (Å²) in [6, 6.07) is 10.2.